The first kappa shape index (κ1) is 19.3. The highest BCUT2D eigenvalue weighted by Crippen LogP contribution is 2.43. The van der Waals surface area contributed by atoms with E-state index in [2.05, 4.69) is 84.8 Å². The molecule has 0 bridgehead atoms. The molecule has 0 radical (unpaired) electrons. The highest BCUT2D eigenvalue weighted by atomic mass is 16.5. The largest absolute Gasteiger partial charge is 0.493 e. The SMILES string of the molecule is COc1ccc2c(c1OC)[C@H](C=C(c1ccccc1)c1ccccc1)CN(C)C2. The smallest absolute Gasteiger partial charge is 0.164 e. The van der Waals surface area contributed by atoms with Gasteiger partial charge in [0.15, 0.2) is 11.5 Å². The molecule has 1 heterocycles. The van der Waals surface area contributed by atoms with Crippen molar-refractivity contribution in [2.75, 3.05) is 27.8 Å². The number of ether oxygens (including phenoxy) is 2. The van der Waals surface area contributed by atoms with Crippen LogP contribution in [0, 0.1) is 0 Å². The lowest BCUT2D eigenvalue weighted by molar-refractivity contribution is 0.287. The third kappa shape index (κ3) is 3.92. The maximum Gasteiger partial charge on any atom is 0.164 e. The van der Waals surface area contributed by atoms with Gasteiger partial charge < -0.3 is 14.4 Å². The Morgan fingerprint density at radius 2 is 1.48 bits per heavy atom. The van der Waals surface area contributed by atoms with Crippen LogP contribution < -0.4 is 9.47 Å². The minimum Gasteiger partial charge on any atom is -0.493 e. The third-order valence-corrected chi connectivity index (χ3v) is 5.53. The Morgan fingerprint density at radius 3 is 2.03 bits per heavy atom. The average molecular weight is 386 g/mol. The normalized spacial score (nSPS) is 16.0. The van der Waals surface area contributed by atoms with E-state index in [0.717, 1.165) is 24.6 Å². The lowest BCUT2D eigenvalue weighted by Gasteiger charge is -2.33. The van der Waals surface area contributed by atoms with Gasteiger partial charge in [0.2, 0.25) is 0 Å². The van der Waals surface area contributed by atoms with Crippen molar-refractivity contribution in [3.63, 3.8) is 0 Å². The van der Waals surface area contributed by atoms with Crippen molar-refractivity contribution in [1.29, 1.82) is 0 Å². The van der Waals surface area contributed by atoms with Gasteiger partial charge in [-0.15, -0.1) is 0 Å². The Hall–Kier alpha value is -3.04. The highest BCUT2D eigenvalue weighted by molar-refractivity contribution is 5.80. The van der Waals surface area contributed by atoms with Gasteiger partial charge in [0, 0.05) is 24.6 Å². The minimum atomic E-state index is 0.198. The van der Waals surface area contributed by atoms with Crippen LogP contribution in [0.25, 0.3) is 5.57 Å². The van der Waals surface area contributed by atoms with Gasteiger partial charge in [-0.25, -0.2) is 0 Å². The van der Waals surface area contributed by atoms with Crippen molar-refractivity contribution in [2.24, 2.45) is 0 Å². The molecule has 148 valence electrons. The average Bonchev–Trinajstić information content (AvgIpc) is 2.77. The molecular weight excluding hydrogens is 358 g/mol. The molecule has 3 nitrogen and oxygen atoms in total. The summed E-state index contributed by atoms with van der Waals surface area (Å²) in [5.74, 6) is 1.83. The van der Waals surface area contributed by atoms with Crippen molar-refractivity contribution in [3.05, 3.63) is 101 Å². The molecule has 0 aliphatic carbocycles. The Bertz CT molecular complexity index is 954. The van der Waals surface area contributed by atoms with E-state index in [1.54, 1.807) is 14.2 Å². The van der Waals surface area contributed by atoms with Crippen LogP contribution in [-0.2, 0) is 6.54 Å². The molecular formula is C26H27NO2. The summed E-state index contributed by atoms with van der Waals surface area (Å²) < 4.78 is 11.4. The van der Waals surface area contributed by atoms with Crippen molar-refractivity contribution in [1.82, 2.24) is 4.90 Å². The summed E-state index contributed by atoms with van der Waals surface area (Å²) >= 11 is 0. The molecule has 0 saturated heterocycles. The van der Waals surface area contributed by atoms with Crippen molar-refractivity contribution >= 4 is 5.57 Å². The maximum absolute atomic E-state index is 5.82. The zero-order valence-electron chi connectivity index (χ0n) is 17.3. The summed E-state index contributed by atoms with van der Waals surface area (Å²) in [5.41, 5.74) is 6.19. The van der Waals surface area contributed by atoms with Crippen LogP contribution in [0.2, 0.25) is 0 Å². The Labute approximate surface area is 173 Å². The predicted octanol–water partition coefficient (Wildman–Crippen LogP) is 5.36. The predicted molar refractivity (Wildman–Crippen MR) is 119 cm³/mol. The lowest BCUT2D eigenvalue weighted by Crippen LogP contribution is -2.30. The molecule has 0 unspecified atom stereocenters. The van der Waals surface area contributed by atoms with Gasteiger partial charge >= 0.3 is 0 Å². The topological polar surface area (TPSA) is 21.7 Å². The number of benzene rings is 3. The number of methoxy groups -OCH3 is 2. The number of fused-ring (bicyclic) bond motifs is 1. The molecule has 0 amide bonds. The molecule has 3 heteroatoms. The molecule has 0 saturated carbocycles. The van der Waals surface area contributed by atoms with Crippen molar-refractivity contribution < 1.29 is 9.47 Å². The zero-order chi connectivity index (χ0) is 20.2. The summed E-state index contributed by atoms with van der Waals surface area (Å²) in [6, 6.07) is 25.4. The fraction of sp³-hybridized carbons (Fsp3) is 0.231. The summed E-state index contributed by atoms with van der Waals surface area (Å²) in [5, 5.41) is 0. The van der Waals surface area contributed by atoms with E-state index in [0.29, 0.717) is 0 Å². The van der Waals surface area contributed by atoms with E-state index in [1.807, 2.05) is 6.07 Å². The van der Waals surface area contributed by atoms with Crippen LogP contribution in [0.4, 0.5) is 0 Å². The second-order valence-electron chi connectivity index (χ2n) is 7.49. The van der Waals surface area contributed by atoms with Gasteiger partial charge in [0.05, 0.1) is 14.2 Å². The maximum atomic E-state index is 5.82. The Balaban J connectivity index is 1.90. The van der Waals surface area contributed by atoms with Gasteiger partial charge in [-0.2, -0.15) is 0 Å². The van der Waals surface area contributed by atoms with Gasteiger partial charge in [0.25, 0.3) is 0 Å². The lowest BCUT2D eigenvalue weighted by atomic mass is 9.85. The van der Waals surface area contributed by atoms with Gasteiger partial charge in [-0.1, -0.05) is 72.8 Å². The third-order valence-electron chi connectivity index (χ3n) is 5.53. The molecule has 1 atom stereocenters. The molecule has 3 aromatic rings. The second kappa shape index (κ2) is 8.54. The van der Waals surface area contributed by atoms with Crippen LogP contribution in [-0.4, -0.2) is 32.7 Å². The fourth-order valence-corrected chi connectivity index (χ4v) is 4.25. The zero-order valence-corrected chi connectivity index (χ0v) is 17.3. The quantitative estimate of drug-likeness (QED) is 0.590. The summed E-state index contributed by atoms with van der Waals surface area (Å²) in [4.78, 5) is 2.36. The fourth-order valence-electron chi connectivity index (χ4n) is 4.25. The molecule has 0 N–H and O–H groups in total. The summed E-state index contributed by atoms with van der Waals surface area (Å²) in [6.07, 6.45) is 2.39. The van der Waals surface area contributed by atoms with Gasteiger partial charge in [-0.05, 0) is 35.4 Å². The number of nitrogens with zero attached hydrogens (tertiary/aromatic N) is 1. The molecule has 3 aromatic carbocycles. The number of hydrogen-bond acceptors (Lipinski definition) is 3. The molecule has 0 aromatic heterocycles. The highest BCUT2D eigenvalue weighted by Gasteiger charge is 2.28. The standard InChI is InChI=1S/C26H27NO2/c1-27-17-21-14-15-24(28-2)26(29-3)25(21)22(18-27)16-23(19-10-6-4-7-11-19)20-12-8-5-9-13-20/h4-16,22H,17-18H2,1-3H3/t22-/m1/s1. The first-order valence-electron chi connectivity index (χ1n) is 9.96. The van der Waals surface area contributed by atoms with Crippen LogP contribution in [0.3, 0.4) is 0 Å². The number of rotatable bonds is 5. The summed E-state index contributed by atoms with van der Waals surface area (Å²) in [6.45, 7) is 1.84. The summed E-state index contributed by atoms with van der Waals surface area (Å²) in [7, 11) is 5.60. The van der Waals surface area contributed by atoms with E-state index in [4.69, 9.17) is 9.47 Å². The van der Waals surface area contributed by atoms with Crippen molar-refractivity contribution in [3.8, 4) is 11.5 Å². The minimum absolute atomic E-state index is 0.198. The van der Waals surface area contributed by atoms with E-state index < -0.39 is 0 Å². The van der Waals surface area contributed by atoms with Crippen LogP contribution in [0.15, 0.2) is 78.9 Å². The van der Waals surface area contributed by atoms with Crippen molar-refractivity contribution in [2.45, 2.75) is 12.5 Å². The first-order chi connectivity index (χ1) is 14.2. The number of likely N-dealkylation sites (N-methyl/N-ethyl adjacent to an activating group) is 1. The van der Waals surface area contributed by atoms with E-state index in [-0.39, 0.29) is 5.92 Å². The van der Waals surface area contributed by atoms with E-state index >= 15 is 0 Å². The van der Waals surface area contributed by atoms with Gasteiger partial charge in [0.1, 0.15) is 0 Å². The monoisotopic (exact) mass is 385 g/mol. The molecule has 0 fully saturated rings. The Morgan fingerprint density at radius 1 is 0.862 bits per heavy atom. The molecule has 1 aliphatic heterocycles. The second-order valence-corrected chi connectivity index (χ2v) is 7.49. The first-order valence-corrected chi connectivity index (χ1v) is 9.96. The molecule has 1 aliphatic rings. The molecule has 29 heavy (non-hydrogen) atoms. The van der Waals surface area contributed by atoms with Crippen LogP contribution >= 0.6 is 0 Å². The van der Waals surface area contributed by atoms with E-state index in [9.17, 15) is 0 Å². The number of hydrogen-bond donors (Lipinski definition) is 0. The van der Waals surface area contributed by atoms with Crippen LogP contribution in [0.5, 0.6) is 11.5 Å². The van der Waals surface area contributed by atoms with Crippen LogP contribution in [0.1, 0.15) is 28.2 Å². The molecule has 0 spiro atoms. The van der Waals surface area contributed by atoms with Gasteiger partial charge in [-0.3, -0.25) is 0 Å². The Kier molecular flexibility index (Phi) is 5.68. The molecule has 4 rings (SSSR count). The van der Waals surface area contributed by atoms with E-state index in [1.165, 1.54) is 27.8 Å².